The number of rotatable bonds is 4. The molecule has 2 radical (unpaired) electrons. The molecule has 3 N–H and O–H groups in total. The van der Waals surface area contributed by atoms with E-state index in [0.717, 1.165) is 11.8 Å². The zero-order valence-corrected chi connectivity index (χ0v) is 9.75. The molecule has 0 aliphatic rings. The van der Waals surface area contributed by atoms with Gasteiger partial charge < -0.3 is 11.1 Å². The summed E-state index contributed by atoms with van der Waals surface area (Å²) in [6.45, 7) is 0. The number of aromatic nitrogens is 1. The van der Waals surface area contributed by atoms with Crippen molar-refractivity contribution in [1.29, 1.82) is 0 Å². The van der Waals surface area contributed by atoms with Crippen LogP contribution in [0.4, 0.5) is 11.5 Å². The molecule has 1 heterocycles. The van der Waals surface area contributed by atoms with Crippen LogP contribution in [0, 0.1) is 0 Å². The van der Waals surface area contributed by atoms with Gasteiger partial charge in [-0.25, -0.2) is 4.98 Å². The van der Waals surface area contributed by atoms with Crippen LogP contribution in [0.2, 0.25) is 0 Å². The van der Waals surface area contributed by atoms with E-state index in [1.54, 1.807) is 6.07 Å². The number of nitrogens with two attached hydrogens (primary N) is 1. The average Bonchev–Trinajstić information content (AvgIpc) is 2.20. The molecule has 0 atom stereocenters. The number of alkyl halides is 1. The SMILES string of the molecule is [B]c1cnc(N)c(NC(=O)CCCBr)c1. The predicted octanol–water partition coefficient (Wildman–Crippen LogP) is 0.571. The van der Waals surface area contributed by atoms with Crippen LogP contribution >= 0.6 is 15.9 Å². The van der Waals surface area contributed by atoms with Gasteiger partial charge in [0.05, 0.1) is 5.69 Å². The lowest BCUT2D eigenvalue weighted by molar-refractivity contribution is -0.116. The molecule has 6 heteroatoms. The number of anilines is 2. The Balaban J connectivity index is 2.63. The van der Waals surface area contributed by atoms with E-state index in [2.05, 4.69) is 26.2 Å². The summed E-state index contributed by atoms with van der Waals surface area (Å²) in [4.78, 5) is 15.2. The van der Waals surface area contributed by atoms with Gasteiger partial charge in [0.1, 0.15) is 13.7 Å². The number of hydrogen-bond acceptors (Lipinski definition) is 3. The molecule has 1 rings (SSSR count). The lowest BCUT2D eigenvalue weighted by atomic mass is 9.98. The van der Waals surface area contributed by atoms with Crippen molar-refractivity contribution in [2.24, 2.45) is 0 Å². The van der Waals surface area contributed by atoms with Crippen LogP contribution in [0.3, 0.4) is 0 Å². The standard InChI is InChI=1S/C9H11BBrN3O/c10-6-4-7(9(12)13-5-6)14-8(15)2-1-3-11/h4-5H,1-3H2,(H2,12,13)(H,14,15). The Morgan fingerprint density at radius 2 is 2.40 bits per heavy atom. The Hall–Kier alpha value is -1.04. The largest absolute Gasteiger partial charge is 0.382 e. The minimum Gasteiger partial charge on any atom is -0.382 e. The van der Waals surface area contributed by atoms with Crippen LogP contribution in [0.5, 0.6) is 0 Å². The third kappa shape index (κ3) is 3.91. The van der Waals surface area contributed by atoms with Gasteiger partial charge in [-0.05, 0) is 12.5 Å². The van der Waals surface area contributed by atoms with Gasteiger partial charge in [-0.2, -0.15) is 0 Å². The maximum atomic E-state index is 11.4. The number of amides is 1. The predicted molar refractivity (Wildman–Crippen MR) is 65.7 cm³/mol. The van der Waals surface area contributed by atoms with Gasteiger partial charge >= 0.3 is 0 Å². The van der Waals surface area contributed by atoms with Gasteiger partial charge in [-0.1, -0.05) is 21.4 Å². The molecule has 0 unspecified atom stereocenters. The molecule has 0 aliphatic heterocycles. The summed E-state index contributed by atoms with van der Waals surface area (Å²) in [5, 5.41) is 3.46. The molecular weight excluding hydrogens is 257 g/mol. The smallest absolute Gasteiger partial charge is 0.224 e. The van der Waals surface area contributed by atoms with Crippen LogP contribution in [0.15, 0.2) is 12.3 Å². The van der Waals surface area contributed by atoms with E-state index in [4.69, 9.17) is 13.6 Å². The molecule has 0 saturated heterocycles. The van der Waals surface area contributed by atoms with E-state index in [1.807, 2.05) is 0 Å². The van der Waals surface area contributed by atoms with Crippen molar-refractivity contribution in [3.8, 4) is 0 Å². The molecule has 0 bridgehead atoms. The molecule has 1 aromatic heterocycles. The number of nitrogen functional groups attached to an aromatic ring is 1. The third-order valence-electron chi connectivity index (χ3n) is 1.75. The van der Waals surface area contributed by atoms with E-state index in [0.29, 0.717) is 17.6 Å². The number of halogens is 1. The van der Waals surface area contributed by atoms with Crippen LogP contribution in [0.25, 0.3) is 0 Å². The summed E-state index contributed by atoms with van der Waals surface area (Å²) >= 11 is 3.25. The van der Waals surface area contributed by atoms with Crippen molar-refractivity contribution >= 4 is 46.7 Å². The summed E-state index contributed by atoms with van der Waals surface area (Å²) in [7, 11) is 5.53. The van der Waals surface area contributed by atoms with Gasteiger partial charge in [-0.15, -0.1) is 0 Å². The molecule has 0 saturated carbocycles. The summed E-state index contributed by atoms with van der Waals surface area (Å²) in [5.74, 6) is 0.185. The highest BCUT2D eigenvalue weighted by Gasteiger charge is 2.05. The first-order chi connectivity index (χ1) is 7.13. The second-order valence-electron chi connectivity index (χ2n) is 3.04. The van der Waals surface area contributed by atoms with E-state index >= 15 is 0 Å². The highest BCUT2D eigenvalue weighted by molar-refractivity contribution is 9.09. The molecule has 0 fully saturated rings. The molecule has 1 aromatic rings. The maximum absolute atomic E-state index is 11.4. The third-order valence-corrected chi connectivity index (χ3v) is 2.31. The van der Waals surface area contributed by atoms with Gasteiger partial charge in [0.2, 0.25) is 5.91 Å². The summed E-state index contributed by atoms with van der Waals surface area (Å²) in [5.41, 5.74) is 6.52. The molecule has 15 heavy (non-hydrogen) atoms. The van der Waals surface area contributed by atoms with Gasteiger partial charge in [0.25, 0.3) is 0 Å². The first-order valence-corrected chi connectivity index (χ1v) is 5.62. The van der Waals surface area contributed by atoms with Crippen molar-refractivity contribution in [3.05, 3.63) is 12.3 Å². The summed E-state index contributed by atoms with van der Waals surface area (Å²) in [6.07, 6.45) is 2.67. The van der Waals surface area contributed by atoms with E-state index < -0.39 is 0 Å². The normalized spacial score (nSPS) is 9.93. The van der Waals surface area contributed by atoms with Crippen LogP contribution < -0.4 is 16.5 Å². The van der Waals surface area contributed by atoms with Gasteiger partial charge in [-0.3, -0.25) is 4.79 Å². The van der Waals surface area contributed by atoms with Crippen molar-refractivity contribution in [2.45, 2.75) is 12.8 Å². The summed E-state index contributed by atoms with van der Waals surface area (Å²) in [6, 6.07) is 1.59. The number of nitrogens with zero attached hydrogens (tertiary/aromatic N) is 1. The highest BCUT2D eigenvalue weighted by atomic mass is 79.9. The highest BCUT2D eigenvalue weighted by Crippen LogP contribution is 2.12. The average molecular weight is 268 g/mol. The fourth-order valence-corrected chi connectivity index (χ4v) is 1.31. The lowest BCUT2D eigenvalue weighted by Gasteiger charge is -2.07. The Morgan fingerprint density at radius 1 is 1.67 bits per heavy atom. The monoisotopic (exact) mass is 267 g/mol. The lowest BCUT2D eigenvalue weighted by Crippen LogP contribution is -2.16. The Bertz CT molecular complexity index is 359. The van der Waals surface area contributed by atoms with Crippen LogP contribution in [-0.2, 0) is 4.79 Å². The topological polar surface area (TPSA) is 68.0 Å². The first kappa shape index (κ1) is 12.0. The van der Waals surface area contributed by atoms with Crippen molar-refractivity contribution in [1.82, 2.24) is 4.98 Å². The fraction of sp³-hybridized carbons (Fsp3) is 0.333. The first-order valence-electron chi connectivity index (χ1n) is 4.50. The molecule has 0 aromatic carbocycles. The van der Waals surface area contributed by atoms with Crippen molar-refractivity contribution in [2.75, 3.05) is 16.4 Å². The van der Waals surface area contributed by atoms with E-state index in [-0.39, 0.29) is 11.7 Å². The van der Waals surface area contributed by atoms with E-state index in [1.165, 1.54) is 6.20 Å². The molecule has 78 valence electrons. The second kappa shape index (κ2) is 5.75. The zero-order valence-electron chi connectivity index (χ0n) is 8.16. The number of pyridine rings is 1. The number of hydrogen-bond donors (Lipinski definition) is 2. The minimum atomic E-state index is -0.0893. The van der Waals surface area contributed by atoms with Crippen molar-refractivity contribution < 1.29 is 4.79 Å². The molecular formula is C9H11BBrN3O. The molecule has 0 aliphatic carbocycles. The summed E-state index contributed by atoms with van der Waals surface area (Å²) < 4.78 is 0. The quantitative estimate of drug-likeness (QED) is 0.619. The van der Waals surface area contributed by atoms with Crippen LogP contribution in [-0.4, -0.2) is 24.1 Å². The number of carbonyl (C=O) groups excluding carboxylic acids is 1. The molecule has 1 amide bonds. The fourth-order valence-electron chi connectivity index (χ4n) is 1.03. The second-order valence-corrected chi connectivity index (χ2v) is 3.84. The zero-order chi connectivity index (χ0) is 11.3. The maximum Gasteiger partial charge on any atom is 0.224 e. The Kier molecular flexibility index (Phi) is 4.61. The Labute approximate surface area is 98.2 Å². The van der Waals surface area contributed by atoms with Crippen molar-refractivity contribution in [3.63, 3.8) is 0 Å². The van der Waals surface area contributed by atoms with Gasteiger partial charge in [0.15, 0.2) is 0 Å². The molecule has 0 spiro atoms. The number of carbonyl (C=O) groups is 1. The number of nitrogens with one attached hydrogen (secondary N) is 1. The van der Waals surface area contributed by atoms with E-state index in [9.17, 15) is 4.79 Å². The van der Waals surface area contributed by atoms with Gasteiger partial charge in [0, 0.05) is 17.9 Å². The van der Waals surface area contributed by atoms with Crippen LogP contribution in [0.1, 0.15) is 12.8 Å². The Morgan fingerprint density at radius 3 is 3.07 bits per heavy atom. The molecule has 4 nitrogen and oxygen atoms in total. The minimum absolute atomic E-state index is 0.0893.